The summed E-state index contributed by atoms with van der Waals surface area (Å²) < 4.78 is 12.6. The summed E-state index contributed by atoms with van der Waals surface area (Å²) in [5.74, 6) is 1.33. The number of carbonyl (C=O) groups excluding carboxylic acids is 1. The summed E-state index contributed by atoms with van der Waals surface area (Å²) in [7, 11) is -2.31. The molecule has 0 bridgehead atoms. The van der Waals surface area contributed by atoms with Crippen LogP contribution in [0.1, 0.15) is 70.3 Å². The predicted molar refractivity (Wildman–Crippen MR) is 136 cm³/mol. The Hall–Kier alpha value is -1.70. The molecule has 5 rings (SSSR count). The summed E-state index contributed by atoms with van der Waals surface area (Å²) in [6.07, 6.45) is 8.06. The van der Waals surface area contributed by atoms with Crippen LogP contribution in [0.2, 0.25) is 0 Å². The number of carbonyl (C=O) groups is 1. The molecule has 4 heteroatoms. The van der Waals surface area contributed by atoms with Crippen molar-refractivity contribution in [3.63, 3.8) is 0 Å². The minimum Gasteiger partial charge on any atom is -0.385 e. The van der Waals surface area contributed by atoms with Gasteiger partial charge in [0.05, 0.1) is 5.60 Å². The number of benzene rings is 1. The van der Waals surface area contributed by atoms with Gasteiger partial charge in [-0.2, -0.15) is 0 Å². The van der Waals surface area contributed by atoms with Crippen LogP contribution in [0, 0.1) is 17.3 Å². The molecule has 3 nitrogen and oxygen atoms in total. The minimum absolute atomic E-state index is 0.203. The lowest BCUT2D eigenvalue weighted by molar-refractivity contribution is -0.114. The van der Waals surface area contributed by atoms with Crippen LogP contribution in [-0.4, -0.2) is 29.8 Å². The van der Waals surface area contributed by atoms with Crippen LogP contribution in [0.3, 0.4) is 0 Å². The molecule has 1 aromatic carbocycles. The molecule has 0 aromatic heterocycles. The Labute approximate surface area is 198 Å². The monoisotopic (exact) mass is 464 g/mol. The van der Waals surface area contributed by atoms with Gasteiger partial charge in [-0.3, -0.25) is 4.79 Å². The minimum atomic E-state index is -2.31. The predicted octanol–water partition coefficient (Wildman–Crippen LogP) is 6.14. The molecule has 4 aliphatic rings. The highest BCUT2D eigenvalue weighted by molar-refractivity contribution is 7.70. The van der Waals surface area contributed by atoms with Crippen molar-refractivity contribution in [1.82, 2.24) is 0 Å². The lowest BCUT2D eigenvalue weighted by Crippen LogP contribution is -2.52. The molecule has 0 heterocycles. The van der Waals surface area contributed by atoms with E-state index in [1.807, 2.05) is 38.5 Å². The standard InChI is InChI=1S/C29H37O3P/c1-18(2)29(31)15-14-26-24-12-8-20-16-21(30)9-13-23(20)27(24)25(17-28(26,29)3)19-6-10-22(11-7-19)33(4,5)32/h6-7,10-11,16,24-26,31H,1,8-9,12-15,17H2,2-5H3/t24-,25+,26-,28-,29+/m0/s1. The normalized spacial score (nSPS) is 36.1. The molecule has 2 saturated carbocycles. The Morgan fingerprint density at radius 3 is 2.45 bits per heavy atom. The molecule has 2 fully saturated rings. The van der Waals surface area contributed by atoms with Gasteiger partial charge in [-0.05, 0) is 99.0 Å². The summed E-state index contributed by atoms with van der Waals surface area (Å²) in [6.45, 7) is 12.1. The van der Waals surface area contributed by atoms with Gasteiger partial charge in [0.25, 0.3) is 0 Å². The Bertz CT molecular complexity index is 1130. The third-order valence-corrected chi connectivity index (χ3v) is 11.1. The first kappa shape index (κ1) is 23.1. The zero-order chi connectivity index (χ0) is 23.8. The molecule has 4 aliphatic carbocycles. The zero-order valence-electron chi connectivity index (χ0n) is 20.5. The fourth-order valence-corrected chi connectivity index (χ4v) is 8.60. The molecule has 0 unspecified atom stereocenters. The molecule has 0 radical (unpaired) electrons. The van der Waals surface area contributed by atoms with E-state index in [2.05, 4.69) is 25.6 Å². The molecular formula is C29H37O3P. The summed E-state index contributed by atoms with van der Waals surface area (Å²) in [5.41, 5.74) is 5.26. The van der Waals surface area contributed by atoms with Crippen LogP contribution in [0.25, 0.3) is 0 Å². The van der Waals surface area contributed by atoms with E-state index in [1.54, 1.807) is 0 Å². The second-order valence-corrected chi connectivity index (χ2v) is 14.8. The first-order valence-electron chi connectivity index (χ1n) is 12.5. The topological polar surface area (TPSA) is 54.4 Å². The van der Waals surface area contributed by atoms with E-state index in [4.69, 9.17) is 0 Å². The summed E-state index contributed by atoms with van der Waals surface area (Å²) in [6, 6.07) is 8.39. The van der Waals surface area contributed by atoms with Crippen molar-refractivity contribution in [2.45, 2.75) is 70.3 Å². The smallest absolute Gasteiger partial charge is 0.156 e. The molecule has 0 aliphatic heterocycles. The van der Waals surface area contributed by atoms with Gasteiger partial charge in [0.1, 0.15) is 7.14 Å². The first-order chi connectivity index (χ1) is 15.5. The third-order valence-electron chi connectivity index (χ3n) is 9.51. The first-order valence-corrected chi connectivity index (χ1v) is 15.1. The van der Waals surface area contributed by atoms with Gasteiger partial charge in [-0.15, -0.1) is 0 Å². The summed E-state index contributed by atoms with van der Waals surface area (Å²) in [4.78, 5) is 12.2. The van der Waals surface area contributed by atoms with E-state index in [0.29, 0.717) is 18.3 Å². The van der Waals surface area contributed by atoms with E-state index < -0.39 is 12.7 Å². The van der Waals surface area contributed by atoms with Crippen LogP contribution in [-0.2, 0) is 9.36 Å². The van der Waals surface area contributed by atoms with Gasteiger partial charge in [0.15, 0.2) is 5.78 Å². The Kier molecular flexibility index (Phi) is 5.35. The van der Waals surface area contributed by atoms with E-state index >= 15 is 0 Å². The number of hydrogen-bond acceptors (Lipinski definition) is 3. The lowest BCUT2D eigenvalue weighted by atomic mass is 9.50. The molecule has 33 heavy (non-hydrogen) atoms. The largest absolute Gasteiger partial charge is 0.385 e. The highest BCUT2D eigenvalue weighted by Crippen LogP contribution is 2.67. The maximum Gasteiger partial charge on any atom is 0.156 e. The van der Waals surface area contributed by atoms with Crippen LogP contribution < -0.4 is 5.30 Å². The fraction of sp³-hybridized carbons (Fsp3) is 0.552. The second-order valence-electron chi connectivity index (χ2n) is 11.6. The Morgan fingerprint density at radius 1 is 1.12 bits per heavy atom. The van der Waals surface area contributed by atoms with Crippen LogP contribution in [0.5, 0.6) is 0 Å². The van der Waals surface area contributed by atoms with Crippen LogP contribution in [0.4, 0.5) is 0 Å². The van der Waals surface area contributed by atoms with Crippen molar-refractivity contribution in [3.05, 3.63) is 64.8 Å². The average Bonchev–Trinajstić information content (AvgIpc) is 3.04. The second kappa shape index (κ2) is 7.65. The highest BCUT2D eigenvalue weighted by atomic mass is 31.2. The van der Waals surface area contributed by atoms with Crippen molar-refractivity contribution in [2.75, 3.05) is 13.3 Å². The van der Waals surface area contributed by atoms with Crippen molar-refractivity contribution < 1.29 is 14.5 Å². The van der Waals surface area contributed by atoms with Crippen molar-refractivity contribution in [2.24, 2.45) is 17.3 Å². The highest BCUT2D eigenvalue weighted by Gasteiger charge is 2.63. The maximum atomic E-state index is 12.6. The van der Waals surface area contributed by atoms with E-state index in [1.165, 1.54) is 22.3 Å². The van der Waals surface area contributed by atoms with Crippen LogP contribution >= 0.6 is 7.14 Å². The number of rotatable bonds is 3. The molecule has 0 amide bonds. The van der Waals surface area contributed by atoms with Crippen LogP contribution in [0.15, 0.2) is 59.2 Å². The SMILES string of the molecule is C=C(C)[C@]1(O)CC[C@H]2[C@@H]3CCC4=CC(=O)CCC4=C3[C@@H](c3ccc(P(C)(C)=O)cc3)C[C@@]21C. The van der Waals surface area contributed by atoms with Gasteiger partial charge in [0.2, 0.25) is 0 Å². The number of hydrogen-bond donors (Lipinski definition) is 1. The van der Waals surface area contributed by atoms with E-state index in [-0.39, 0.29) is 17.1 Å². The van der Waals surface area contributed by atoms with E-state index in [9.17, 15) is 14.5 Å². The zero-order valence-corrected chi connectivity index (χ0v) is 21.4. The van der Waals surface area contributed by atoms with Gasteiger partial charge >= 0.3 is 0 Å². The Morgan fingerprint density at radius 2 is 1.82 bits per heavy atom. The average molecular weight is 465 g/mol. The van der Waals surface area contributed by atoms with E-state index in [0.717, 1.165) is 49.4 Å². The molecule has 0 spiro atoms. The van der Waals surface area contributed by atoms with Gasteiger partial charge in [0, 0.05) is 23.1 Å². The van der Waals surface area contributed by atoms with Gasteiger partial charge in [-0.1, -0.05) is 43.3 Å². The van der Waals surface area contributed by atoms with Crippen molar-refractivity contribution >= 4 is 18.2 Å². The lowest BCUT2D eigenvalue weighted by Gasteiger charge is -2.55. The summed E-state index contributed by atoms with van der Waals surface area (Å²) >= 11 is 0. The third kappa shape index (κ3) is 3.41. The molecule has 1 N–H and O–H groups in total. The number of aliphatic hydroxyl groups is 1. The van der Waals surface area contributed by atoms with Crippen molar-refractivity contribution in [1.29, 1.82) is 0 Å². The van der Waals surface area contributed by atoms with Gasteiger partial charge in [-0.25, -0.2) is 0 Å². The van der Waals surface area contributed by atoms with Crippen molar-refractivity contribution in [3.8, 4) is 0 Å². The molecule has 1 aromatic rings. The Balaban J connectivity index is 1.68. The quantitative estimate of drug-likeness (QED) is 0.432. The number of ketones is 1. The molecule has 0 saturated heterocycles. The maximum absolute atomic E-state index is 12.6. The molecular weight excluding hydrogens is 427 g/mol. The summed E-state index contributed by atoms with van der Waals surface area (Å²) in [5, 5.41) is 12.8. The molecule has 176 valence electrons. The molecule has 5 atom stereocenters. The van der Waals surface area contributed by atoms with Gasteiger partial charge < -0.3 is 9.67 Å². The number of fused-ring (bicyclic) bond motifs is 4. The fourth-order valence-electron chi connectivity index (χ4n) is 7.73. The number of allylic oxidation sites excluding steroid dienone is 4.